The van der Waals surface area contributed by atoms with E-state index in [4.69, 9.17) is 5.73 Å². The van der Waals surface area contributed by atoms with Crippen LogP contribution in [0.4, 0.5) is 0 Å². The standard InChI is InChI=1S/C16H20N2O2/c1-3-10-16(11-4-2,14(17)19)15(20)18-12-13-8-6-5-7-9-13/h3-9H,1-2,10-12H2,(H2,17,19)(H,18,20). The van der Waals surface area contributed by atoms with Crippen molar-refractivity contribution in [1.29, 1.82) is 0 Å². The van der Waals surface area contributed by atoms with Crippen molar-refractivity contribution in [1.82, 2.24) is 5.32 Å². The largest absolute Gasteiger partial charge is 0.369 e. The third-order valence-corrected chi connectivity index (χ3v) is 3.19. The zero-order valence-corrected chi connectivity index (χ0v) is 11.5. The third-order valence-electron chi connectivity index (χ3n) is 3.19. The lowest BCUT2D eigenvalue weighted by atomic mass is 9.79. The highest BCUT2D eigenvalue weighted by Crippen LogP contribution is 2.28. The van der Waals surface area contributed by atoms with Crippen LogP contribution in [-0.2, 0) is 16.1 Å². The molecule has 0 aliphatic carbocycles. The molecule has 106 valence electrons. The maximum Gasteiger partial charge on any atom is 0.236 e. The number of benzene rings is 1. The van der Waals surface area contributed by atoms with Gasteiger partial charge in [-0.1, -0.05) is 42.5 Å². The first-order valence-corrected chi connectivity index (χ1v) is 6.40. The number of carbonyl (C=O) groups is 2. The Bertz CT molecular complexity index is 484. The first kappa shape index (κ1) is 15.7. The monoisotopic (exact) mass is 272 g/mol. The molecule has 0 radical (unpaired) electrons. The second-order valence-corrected chi connectivity index (χ2v) is 4.60. The van der Waals surface area contributed by atoms with Crippen LogP contribution in [0.1, 0.15) is 18.4 Å². The van der Waals surface area contributed by atoms with Gasteiger partial charge in [-0.3, -0.25) is 9.59 Å². The van der Waals surface area contributed by atoms with E-state index in [1.807, 2.05) is 30.3 Å². The van der Waals surface area contributed by atoms with Crippen molar-refractivity contribution in [3.05, 3.63) is 61.2 Å². The molecule has 0 spiro atoms. The summed E-state index contributed by atoms with van der Waals surface area (Å²) in [6.45, 7) is 7.53. The van der Waals surface area contributed by atoms with Gasteiger partial charge in [0.2, 0.25) is 11.8 Å². The molecule has 0 saturated carbocycles. The quantitative estimate of drug-likeness (QED) is 0.560. The fourth-order valence-corrected chi connectivity index (χ4v) is 2.02. The van der Waals surface area contributed by atoms with Gasteiger partial charge in [0.25, 0.3) is 0 Å². The van der Waals surface area contributed by atoms with Crippen LogP contribution in [0.2, 0.25) is 0 Å². The van der Waals surface area contributed by atoms with Gasteiger partial charge in [-0.15, -0.1) is 13.2 Å². The fraction of sp³-hybridized carbons (Fsp3) is 0.250. The predicted molar refractivity (Wildman–Crippen MR) is 79.5 cm³/mol. The van der Waals surface area contributed by atoms with Gasteiger partial charge >= 0.3 is 0 Å². The van der Waals surface area contributed by atoms with E-state index in [1.54, 1.807) is 0 Å². The van der Waals surface area contributed by atoms with Crippen LogP contribution >= 0.6 is 0 Å². The SMILES string of the molecule is C=CCC(CC=C)(C(N)=O)C(=O)NCc1ccccc1. The van der Waals surface area contributed by atoms with Crippen LogP contribution in [0.15, 0.2) is 55.6 Å². The molecule has 0 fully saturated rings. The Morgan fingerprint density at radius 3 is 2.15 bits per heavy atom. The van der Waals surface area contributed by atoms with Gasteiger partial charge in [0.15, 0.2) is 0 Å². The molecule has 0 aliphatic heterocycles. The first-order chi connectivity index (χ1) is 9.56. The molecule has 4 nitrogen and oxygen atoms in total. The number of hydrogen-bond donors (Lipinski definition) is 2. The van der Waals surface area contributed by atoms with Crippen molar-refractivity contribution in [2.24, 2.45) is 11.1 Å². The smallest absolute Gasteiger partial charge is 0.236 e. The second-order valence-electron chi connectivity index (χ2n) is 4.60. The average Bonchev–Trinajstić information content (AvgIpc) is 2.45. The molecule has 1 aromatic rings. The highest BCUT2D eigenvalue weighted by molar-refractivity contribution is 6.04. The van der Waals surface area contributed by atoms with E-state index in [9.17, 15) is 9.59 Å². The Morgan fingerprint density at radius 1 is 1.15 bits per heavy atom. The van der Waals surface area contributed by atoms with E-state index in [0.29, 0.717) is 6.54 Å². The zero-order valence-electron chi connectivity index (χ0n) is 11.5. The number of rotatable bonds is 8. The van der Waals surface area contributed by atoms with Gasteiger partial charge in [-0.05, 0) is 18.4 Å². The topological polar surface area (TPSA) is 72.2 Å². The zero-order chi connectivity index (χ0) is 15.0. The molecule has 1 aromatic carbocycles. The fourth-order valence-electron chi connectivity index (χ4n) is 2.02. The summed E-state index contributed by atoms with van der Waals surface area (Å²) in [5.74, 6) is -1.06. The van der Waals surface area contributed by atoms with Gasteiger partial charge in [0.05, 0.1) is 0 Å². The number of allylic oxidation sites excluding steroid dienone is 2. The number of carbonyl (C=O) groups excluding carboxylic acids is 2. The van der Waals surface area contributed by atoms with E-state index in [0.717, 1.165) is 5.56 Å². The summed E-state index contributed by atoms with van der Waals surface area (Å²) in [5, 5.41) is 2.76. The molecule has 20 heavy (non-hydrogen) atoms. The Balaban J connectivity index is 2.85. The van der Waals surface area contributed by atoms with Crippen molar-refractivity contribution >= 4 is 11.8 Å². The Morgan fingerprint density at radius 2 is 1.70 bits per heavy atom. The van der Waals surface area contributed by atoms with Crippen molar-refractivity contribution < 1.29 is 9.59 Å². The van der Waals surface area contributed by atoms with Gasteiger partial charge < -0.3 is 11.1 Å². The molecule has 0 heterocycles. The van der Waals surface area contributed by atoms with Crippen molar-refractivity contribution in [3.8, 4) is 0 Å². The van der Waals surface area contributed by atoms with Crippen LogP contribution in [0.3, 0.4) is 0 Å². The predicted octanol–water partition coefficient (Wildman–Crippen LogP) is 1.93. The molecule has 1 rings (SSSR count). The number of nitrogens with two attached hydrogens (primary N) is 1. The maximum absolute atomic E-state index is 12.4. The molecule has 0 unspecified atom stereocenters. The molecule has 0 saturated heterocycles. The highest BCUT2D eigenvalue weighted by Gasteiger charge is 2.41. The summed E-state index contributed by atoms with van der Waals surface area (Å²) in [6.07, 6.45) is 3.43. The first-order valence-electron chi connectivity index (χ1n) is 6.40. The molecule has 0 aliphatic rings. The van der Waals surface area contributed by atoms with Gasteiger partial charge in [-0.25, -0.2) is 0 Å². The van der Waals surface area contributed by atoms with E-state index in [2.05, 4.69) is 18.5 Å². The minimum atomic E-state index is -1.31. The number of amides is 2. The molecular weight excluding hydrogens is 252 g/mol. The third kappa shape index (κ3) is 3.57. The summed E-state index contributed by atoms with van der Waals surface area (Å²) in [4.78, 5) is 24.1. The molecule has 0 bridgehead atoms. The number of hydrogen-bond acceptors (Lipinski definition) is 2. The van der Waals surface area contributed by atoms with Crippen LogP contribution in [-0.4, -0.2) is 11.8 Å². The summed E-state index contributed by atoms with van der Waals surface area (Å²) >= 11 is 0. The van der Waals surface area contributed by atoms with Crippen LogP contribution < -0.4 is 11.1 Å². The van der Waals surface area contributed by atoms with E-state index >= 15 is 0 Å². The van der Waals surface area contributed by atoms with E-state index < -0.39 is 17.2 Å². The van der Waals surface area contributed by atoms with Crippen LogP contribution in [0, 0.1) is 5.41 Å². The maximum atomic E-state index is 12.4. The average molecular weight is 272 g/mol. The van der Waals surface area contributed by atoms with Crippen molar-refractivity contribution in [2.45, 2.75) is 19.4 Å². The number of nitrogens with one attached hydrogen (secondary N) is 1. The molecule has 4 heteroatoms. The summed E-state index contributed by atoms with van der Waals surface area (Å²) < 4.78 is 0. The lowest BCUT2D eigenvalue weighted by molar-refractivity contribution is -0.141. The second kappa shape index (κ2) is 7.28. The minimum absolute atomic E-state index is 0.189. The molecule has 2 amide bonds. The van der Waals surface area contributed by atoms with Crippen LogP contribution in [0.5, 0.6) is 0 Å². The molecule has 0 aromatic heterocycles. The van der Waals surface area contributed by atoms with Crippen molar-refractivity contribution in [2.75, 3.05) is 0 Å². The number of primary amides is 1. The van der Waals surface area contributed by atoms with Gasteiger partial charge in [0, 0.05) is 6.54 Å². The summed E-state index contributed by atoms with van der Waals surface area (Å²) in [5.41, 5.74) is 5.07. The van der Waals surface area contributed by atoms with Gasteiger partial charge in [0.1, 0.15) is 5.41 Å². The van der Waals surface area contributed by atoms with Crippen LogP contribution in [0.25, 0.3) is 0 Å². The Kier molecular flexibility index (Phi) is 5.72. The lowest BCUT2D eigenvalue weighted by Crippen LogP contribution is -2.49. The summed E-state index contributed by atoms with van der Waals surface area (Å²) in [6, 6.07) is 9.46. The summed E-state index contributed by atoms with van der Waals surface area (Å²) in [7, 11) is 0. The minimum Gasteiger partial charge on any atom is -0.369 e. The molecule has 0 atom stereocenters. The molecular formula is C16H20N2O2. The Labute approximate surface area is 119 Å². The normalized spacial score (nSPS) is 10.6. The van der Waals surface area contributed by atoms with Gasteiger partial charge in [-0.2, -0.15) is 0 Å². The van der Waals surface area contributed by atoms with E-state index in [-0.39, 0.29) is 12.8 Å². The van der Waals surface area contributed by atoms with E-state index in [1.165, 1.54) is 12.2 Å². The molecule has 3 N–H and O–H groups in total. The Hall–Kier alpha value is -2.36. The highest BCUT2D eigenvalue weighted by atomic mass is 16.2. The van der Waals surface area contributed by atoms with Crippen molar-refractivity contribution in [3.63, 3.8) is 0 Å². The lowest BCUT2D eigenvalue weighted by Gasteiger charge is -2.27.